The van der Waals surface area contributed by atoms with Gasteiger partial charge in [-0.05, 0) is 63.1 Å². The summed E-state index contributed by atoms with van der Waals surface area (Å²) >= 11 is 0. The predicted octanol–water partition coefficient (Wildman–Crippen LogP) is 6.08. The molecule has 148 valence electrons. The van der Waals surface area contributed by atoms with Crippen molar-refractivity contribution in [2.24, 2.45) is 5.41 Å². The van der Waals surface area contributed by atoms with E-state index in [0.717, 1.165) is 31.8 Å². The van der Waals surface area contributed by atoms with E-state index < -0.39 is 0 Å². The topological polar surface area (TPSA) is 12.5 Å². The van der Waals surface area contributed by atoms with Gasteiger partial charge in [0.1, 0.15) is 12.4 Å². The number of hydrogen-bond acceptors (Lipinski definition) is 2. The zero-order chi connectivity index (χ0) is 20.2. The van der Waals surface area contributed by atoms with Crippen LogP contribution in [0, 0.1) is 17.3 Å². The lowest BCUT2D eigenvalue weighted by Gasteiger charge is -2.20. The highest BCUT2D eigenvalue weighted by Crippen LogP contribution is 2.17. The van der Waals surface area contributed by atoms with Crippen molar-refractivity contribution in [2.45, 2.75) is 47.3 Å². The molecule has 0 bridgehead atoms. The Morgan fingerprint density at radius 1 is 1.00 bits per heavy atom. The second-order valence-corrected chi connectivity index (χ2v) is 8.08. The second-order valence-electron chi connectivity index (χ2n) is 8.08. The Morgan fingerprint density at radius 3 is 2.46 bits per heavy atom. The van der Waals surface area contributed by atoms with Crippen LogP contribution in [0.15, 0.2) is 66.7 Å². The molecule has 0 atom stereocenters. The van der Waals surface area contributed by atoms with Crippen molar-refractivity contribution in [3.05, 3.63) is 77.9 Å². The van der Waals surface area contributed by atoms with Gasteiger partial charge in [-0.3, -0.25) is 4.90 Å². The van der Waals surface area contributed by atoms with E-state index in [1.54, 1.807) is 0 Å². The third-order valence-corrected chi connectivity index (χ3v) is 4.10. The molecule has 0 fully saturated rings. The zero-order valence-corrected chi connectivity index (χ0v) is 17.7. The quantitative estimate of drug-likeness (QED) is 0.492. The van der Waals surface area contributed by atoms with Gasteiger partial charge >= 0.3 is 0 Å². The smallest absolute Gasteiger partial charge is 0.120 e. The van der Waals surface area contributed by atoms with Crippen LogP contribution in [0.4, 0.5) is 0 Å². The number of rotatable bonds is 9. The lowest BCUT2D eigenvalue weighted by molar-refractivity contribution is 0.290. The Bertz CT molecular complexity index is 790. The Hall–Kier alpha value is -2.50. The molecule has 0 saturated carbocycles. The van der Waals surface area contributed by atoms with Crippen molar-refractivity contribution in [2.75, 3.05) is 13.1 Å². The van der Waals surface area contributed by atoms with E-state index in [4.69, 9.17) is 4.74 Å². The van der Waals surface area contributed by atoms with Crippen LogP contribution in [-0.2, 0) is 13.2 Å². The average Bonchev–Trinajstić information content (AvgIpc) is 2.66. The molecular formula is C26H33NO. The summed E-state index contributed by atoms with van der Waals surface area (Å²) in [6, 6.07) is 18.7. The highest BCUT2D eigenvalue weighted by atomic mass is 16.5. The number of benzene rings is 2. The van der Waals surface area contributed by atoms with Gasteiger partial charge in [-0.2, -0.15) is 0 Å². The lowest BCUT2D eigenvalue weighted by Crippen LogP contribution is -2.24. The lowest BCUT2D eigenvalue weighted by atomic mass is 9.98. The summed E-state index contributed by atoms with van der Waals surface area (Å²) in [5.74, 6) is 7.31. The van der Waals surface area contributed by atoms with E-state index in [9.17, 15) is 0 Å². The van der Waals surface area contributed by atoms with Crippen LogP contribution in [0.5, 0.6) is 5.75 Å². The normalized spacial score (nSPS) is 11.5. The molecular weight excluding hydrogens is 342 g/mol. The molecule has 2 aromatic carbocycles. The summed E-state index contributed by atoms with van der Waals surface area (Å²) in [6.45, 7) is 12.1. The average molecular weight is 376 g/mol. The first kappa shape index (κ1) is 21.8. The highest BCUT2D eigenvalue weighted by molar-refractivity contribution is 5.29. The van der Waals surface area contributed by atoms with Gasteiger partial charge in [-0.1, -0.05) is 67.3 Å². The first-order valence-electron chi connectivity index (χ1n) is 10.1. The third kappa shape index (κ3) is 8.93. The Kier molecular flexibility index (Phi) is 8.85. The number of nitrogens with zero attached hydrogens (tertiary/aromatic N) is 1. The van der Waals surface area contributed by atoms with E-state index in [1.165, 1.54) is 11.1 Å². The molecule has 2 aromatic rings. The molecule has 0 saturated heterocycles. The maximum Gasteiger partial charge on any atom is 0.120 e. The van der Waals surface area contributed by atoms with Gasteiger partial charge in [-0.25, -0.2) is 0 Å². The fourth-order valence-electron chi connectivity index (χ4n) is 2.80. The largest absolute Gasteiger partial charge is 0.489 e. The molecule has 0 heterocycles. The monoisotopic (exact) mass is 375 g/mol. The summed E-state index contributed by atoms with van der Waals surface area (Å²) in [5.41, 5.74) is 2.50. The minimum Gasteiger partial charge on any atom is -0.489 e. The molecule has 2 rings (SSSR count). The Balaban J connectivity index is 1.92. The molecule has 0 aromatic heterocycles. The Labute approximate surface area is 171 Å². The minimum absolute atomic E-state index is 0.0492. The molecule has 2 nitrogen and oxygen atoms in total. The van der Waals surface area contributed by atoms with Crippen molar-refractivity contribution >= 4 is 0 Å². The van der Waals surface area contributed by atoms with E-state index in [0.29, 0.717) is 6.61 Å². The molecule has 0 aliphatic rings. The molecule has 0 aliphatic carbocycles. The van der Waals surface area contributed by atoms with Gasteiger partial charge in [0, 0.05) is 18.5 Å². The Morgan fingerprint density at radius 2 is 1.75 bits per heavy atom. The second kappa shape index (κ2) is 11.4. The predicted molar refractivity (Wildman–Crippen MR) is 119 cm³/mol. The van der Waals surface area contributed by atoms with Crippen LogP contribution in [0.2, 0.25) is 0 Å². The third-order valence-electron chi connectivity index (χ3n) is 4.10. The van der Waals surface area contributed by atoms with Crippen LogP contribution in [0.25, 0.3) is 0 Å². The van der Waals surface area contributed by atoms with Crippen molar-refractivity contribution in [3.63, 3.8) is 0 Å². The van der Waals surface area contributed by atoms with E-state index in [1.807, 2.05) is 30.3 Å². The molecule has 0 unspecified atom stereocenters. The van der Waals surface area contributed by atoms with Crippen molar-refractivity contribution in [1.82, 2.24) is 4.90 Å². The molecule has 0 aliphatic heterocycles. The van der Waals surface area contributed by atoms with Gasteiger partial charge in [0.05, 0.1) is 0 Å². The standard InChI is InChI=1S/C26H33NO/c1-5-18-27(19-11-7-10-17-26(2,3)4)21-24-15-12-16-25(20-24)28-22-23-13-8-6-9-14-23/h6-9,11-16,20H,5,18-19,21-22H2,1-4H3/b11-7+. The van der Waals surface area contributed by atoms with Crippen molar-refractivity contribution in [3.8, 4) is 17.6 Å². The molecule has 0 radical (unpaired) electrons. The van der Waals surface area contributed by atoms with Crippen molar-refractivity contribution < 1.29 is 4.74 Å². The molecule has 0 amide bonds. The SMILES string of the molecule is CCCN(C/C=C/C#CC(C)(C)C)Cc1cccc(OCc2ccccc2)c1. The van der Waals surface area contributed by atoms with E-state index in [2.05, 4.69) is 80.8 Å². The van der Waals surface area contributed by atoms with Crippen LogP contribution < -0.4 is 4.74 Å². The molecule has 28 heavy (non-hydrogen) atoms. The number of allylic oxidation sites excluding steroid dienone is 1. The minimum atomic E-state index is 0.0492. The highest BCUT2D eigenvalue weighted by Gasteiger charge is 2.05. The summed E-state index contributed by atoms with van der Waals surface area (Å²) in [4.78, 5) is 2.44. The fraction of sp³-hybridized carbons (Fsp3) is 0.385. The van der Waals surface area contributed by atoms with Crippen molar-refractivity contribution in [1.29, 1.82) is 0 Å². The van der Waals surface area contributed by atoms with Crippen LogP contribution >= 0.6 is 0 Å². The van der Waals surface area contributed by atoms with E-state index in [-0.39, 0.29) is 5.41 Å². The number of hydrogen-bond donors (Lipinski definition) is 0. The van der Waals surface area contributed by atoms with Gasteiger partial charge in [0.25, 0.3) is 0 Å². The first-order valence-corrected chi connectivity index (χ1v) is 10.1. The number of ether oxygens (including phenoxy) is 1. The van der Waals surface area contributed by atoms with Gasteiger partial charge in [0.2, 0.25) is 0 Å². The first-order chi connectivity index (χ1) is 13.5. The van der Waals surface area contributed by atoms with Gasteiger partial charge in [-0.15, -0.1) is 0 Å². The fourth-order valence-corrected chi connectivity index (χ4v) is 2.80. The van der Waals surface area contributed by atoms with Gasteiger partial charge < -0.3 is 4.74 Å². The summed E-state index contributed by atoms with van der Waals surface area (Å²) in [6.07, 6.45) is 5.27. The van der Waals surface area contributed by atoms with Crippen LogP contribution in [-0.4, -0.2) is 18.0 Å². The maximum atomic E-state index is 5.97. The maximum absolute atomic E-state index is 5.97. The zero-order valence-electron chi connectivity index (χ0n) is 17.7. The summed E-state index contributed by atoms with van der Waals surface area (Å²) < 4.78 is 5.97. The van der Waals surface area contributed by atoms with E-state index >= 15 is 0 Å². The molecule has 0 N–H and O–H groups in total. The van der Waals surface area contributed by atoms with Gasteiger partial charge in [0.15, 0.2) is 0 Å². The summed E-state index contributed by atoms with van der Waals surface area (Å²) in [5, 5.41) is 0. The van der Waals surface area contributed by atoms with Crippen LogP contribution in [0.3, 0.4) is 0 Å². The molecule has 0 spiro atoms. The summed E-state index contributed by atoms with van der Waals surface area (Å²) in [7, 11) is 0. The molecule has 2 heteroatoms. The van der Waals surface area contributed by atoms with Crippen LogP contribution in [0.1, 0.15) is 45.2 Å².